The van der Waals surface area contributed by atoms with Crippen LogP contribution in [0.25, 0.3) is 0 Å². The Morgan fingerprint density at radius 3 is 2.38 bits per heavy atom. The SMILES string of the molecule is COc1ccc(C)cc1S(=O)(=O)N(CC(=O)Nc1ccc(F)cc1F)c1ccc(Cl)cc1. The summed E-state index contributed by atoms with van der Waals surface area (Å²) in [5.41, 5.74) is 0.545. The molecule has 3 aromatic rings. The average Bonchev–Trinajstić information content (AvgIpc) is 2.74. The van der Waals surface area contributed by atoms with E-state index in [1.54, 1.807) is 13.0 Å². The first kappa shape index (κ1) is 23.5. The van der Waals surface area contributed by atoms with Crippen LogP contribution in [0.4, 0.5) is 20.2 Å². The maximum atomic E-state index is 13.9. The molecule has 0 saturated heterocycles. The van der Waals surface area contributed by atoms with Gasteiger partial charge in [0.1, 0.15) is 28.8 Å². The van der Waals surface area contributed by atoms with E-state index < -0.39 is 34.1 Å². The lowest BCUT2D eigenvalue weighted by atomic mass is 10.2. The number of carbonyl (C=O) groups is 1. The topological polar surface area (TPSA) is 75.7 Å². The third kappa shape index (κ3) is 5.17. The van der Waals surface area contributed by atoms with Crippen molar-refractivity contribution in [2.45, 2.75) is 11.8 Å². The van der Waals surface area contributed by atoms with Gasteiger partial charge in [-0.3, -0.25) is 9.10 Å². The van der Waals surface area contributed by atoms with Gasteiger partial charge in [0.2, 0.25) is 5.91 Å². The lowest BCUT2D eigenvalue weighted by Crippen LogP contribution is -2.38. The quantitative estimate of drug-likeness (QED) is 0.528. The molecular weight excluding hydrogens is 462 g/mol. The first-order valence-corrected chi connectivity index (χ1v) is 11.1. The number of sulfonamides is 1. The summed E-state index contributed by atoms with van der Waals surface area (Å²) >= 11 is 5.92. The van der Waals surface area contributed by atoms with Gasteiger partial charge in [0.25, 0.3) is 10.0 Å². The zero-order chi connectivity index (χ0) is 23.5. The van der Waals surface area contributed by atoms with Gasteiger partial charge in [0.05, 0.1) is 18.5 Å². The number of hydrogen-bond acceptors (Lipinski definition) is 4. The van der Waals surface area contributed by atoms with E-state index in [1.807, 2.05) is 0 Å². The van der Waals surface area contributed by atoms with Crippen molar-refractivity contribution in [3.63, 3.8) is 0 Å². The molecule has 0 aliphatic rings. The molecule has 0 fully saturated rings. The third-order valence-electron chi connectivity index (χ3n) is 4.49. The van der Waals surface area contributed by atoms with Crippen LogP contribution in [0.15, 0.2) is 65.6 Å². The van der Waals surface area contributed by atoms with E-state index in [4.69, 9.17) is 16.3 Å². The van der Waals surface area contributed by atoms with Crippen molar-refractivity contribution in [1.29, 1.82) is 0 Å². The number of halogens is 3. The molecule has 0 aromatic heterocycles. The number of carbonyl (C=O) groups excluding carboxylic acids is 1. The van der Waals surface area contributed by atoms with Gasteiger partial charge in [-0.1, -0.05) is 17.7 Å². The summed E-state index contributed by atoms with van der Waals surface area (Å²) in [6, 6.07) is 13.1. The second kappa shape index (κ2) is 9.54. The van der Waals surface area contributed by atoms with E-state index in [-0.39, 0.29) is 22.0 Å². The molecule has 0 radical (unpaired) electrons. The van der Waals surface area contributed by atoms with E-state index in [0.29, 0.717) is 16.7 Å². The average molecular weight is 481 g/mol. The van der Waals surface area contributed by atoms with Crippen molar-refractivity contribution in [3.8, 4) is 5.75 Å². The molecule has 168 valence electrons. The largest absolute Gasteiger partial charge is 0.495 e. The second-order valence-corrected chi connectivity index (χ2v) is 9.08. The van der Waals surface area contributed by atoms with Gasteiger partial charge >= 0.3 is 0 Å². The summed E-state index contributed by atoms with van der Waals surface area (Å²) in [6.45, 7) is 1.03. The Hall–Kier alpha value is -3.17. The molecule has 10 heteroatoms. The van der Waals surface area contributed by atoms with Crippen LogP contribution in [-0.2, 0) is 14.8 Å². The summed E-state index contributed by atoms with van der Waals surface area (Å²) in [4.78, 5) is 12.5. The Bertz CT molecular complexity index is 1250. The molecule has 0 aliphatic carbocycles. The number of amides is 1. The van der Waals surface area contributed by atoms with Crippen LogP contribution in [0.2, 0.25) is 5.02 Å². The van der Waals surface area contributed by atoms with E-state index in [0.717, 1.165) is 16.4 Å². The van der Waals surface area contributed by atoms with Crippen molar-refractivity contribution >= 4 is 38.9 Å². The highest BCUT2D eigenvalue weighted by Gasteiger charge is 2.30. The lowest BCUT2D eigenvalue weighted by Gasteiger charge is -2.25. The van der Waals surface area contributed by atoms with Gasteiger partial charge in [0.15, 0.2) is 0 Å². The van der Waals surface area contributed by atoms with Crippen LogP contribution in [0, 0.1) is 18.6 Å². The van der Waals surface area contributed by atoms with Crippen molar-refractivity contribution in [3.05, 3.63) is 82.9 Å². The summed E-state index contributed by atoms with van der Waals surface area (Å²) in [5.74, 6) is -2.53. The van der Waals surface area contributed by atoms with Crippen molar-refractivity contribution < 1.29 is 26.7 Å². The van der Waals surface area contributed by atoms with Crippen LogP contribution in [0.3, 0.4) is 0 Å². The zero-order valence-corrected chi connectivity index (χ0v) is 18.7. The smallest absolute Gasteiger partial charge is 0.268 e. The fraction of sp³-hybridized carbons (Fsp3) is 0.136. The van der Waals surface area contributed by atoms with Crippen LogP contribution < -0.4 is 14.4 Å². The second-order valence-electron chi connectivity index (χ2n) is 6.81. The Labute approximate surface area is 189 Å². The zero-order valence-electron chi connectivity index (χ0n) is 17.1. The standard InChI is InChI=1S/C22H19ClF2N2O4S/c1-14-3-10-20(31-2)21(11-14)32(29,30)27(17-7-4-15(23)5-8-17)13-22(28)26-19-9-6-16(24)12-18(19)25/h3-12H,13H2,1-2H3,(H,26,28). The van der Waals surface area contributed by atoms with E-state index in [1.165, 1.54) is 43.5 Å². The maximum Gasteiger partial charge on any atom is 0.268 e. The van der Waals surface area contributed by atoms with Gasteiger partial charge < -0.3 is 10.1 Å². The molecule has 0 unspecified atom stereocenters. The van der Waals surface area contributed by atoms with Gasteiger partial charge in [0, 0.05) is 11.1 Å². The fourth-order valence-corrected chi connectivity index (χ4v) is 4.73. The number of aryl methyl sites for hydroxylation is 1. The van der Waals surface area contributed by atoms with Crippen LogP contribution in [0.5, 0.6) is 5.75 Å². The molecule has 6 nitrogen and oxygen atoms in total. The van der Waals surface area contributed by atoms with Crippen LogP contribution >= 0.6 is 11.6 Å². The molecule has 3 rings (SSSR count). The summed E-state index contributed by atoms with van der Waals surface area (Å²) in [6.07, 6.45) is 0. The molecule has 32 heavy (non-hydrogen) atoms. The fourth-order valence-electron chi connectivity index (χ4n) is 2.94. The van der Waals surface area contributed by atoms with Gasteiger partial charge in [-0.2, -0.15) is 0 Å². The van der Waals surface area contributed by atoms with Crippen molar-refractivity contribution in [2.75, 3.05) is 23.3 Å². The third-order valence-corrected chi connectivity index (χ3v) is 6.54. The summed E-state index contributed by atoms with van der Waals surface area (Å²) < 4.78 is 60.3. The molecule has 0 spiro atoms. The molecule has 0 atom stereocenters. The molecular formula is C22H19ClF2N2O4S. The Balaban J connectivity index is 2.02. The monoisotopic (exact) mass is 480 g/mol. The van der Waals surface area contributed by atoms with E-state index >= 15 is 0 Å². The number of nitrogens with zero attached hydrogens (tertiary/aromatic N) is 1. The number of rotatable bonds is 7. The predicted octanol–water partition coefficient (Wildman–Crippen LogP) is 4.77. The van der Waals surface area contributed by atoms with Gasteiger partial charge in [-0.15, -0.1) is 0 Å². The van der Waals surface area contributed by atoms with Crippen LogP contribution in [0.1, 0.15) is 5.56 Å². The maximum absolute atomic E-state index is 13.9. The molecule has 1 N–H and O–H groups in total. The molecule has 0 heterocycles. The van der Waals surface area contributed by atoms with E-state index in [2.05, 4.69) is 5.32 Å². The first-order valence-electron chi connectivity index (χ1n) is 9.29. The first-order chi connectivity index (χ1) is 15.1. The normalized spacial score (nSPS) is 11.2. The van der Waals surface area contributed by atoms with Crippen molar-refractivity contribution in [2.24, 2.45) is 0 Å². The molecule has 0 bridgehead atoms. The highest BCUT2D eigenvalue weighted by molar-refractivity contribution is 7.93. The minimum atomic E-state index is -4.29. The highest BCUT2D eigenvalue weighted by Crippen LogP contribution is 2.31. The number of ether oxygens (including phenoxy) is 1. The van der Waals surface area contributed by atoms with E-state index in [9.17, 15) is 22.0 Å². The number of methoxy groups -OCH3 is 1. The Kier molecular flexibility index (Phi) is 7.00. The van der Waals surface area contributed by atoms with Crippen molar-refractivity contribution in [1.82, 2.24) is 0 Å². The highest BCUT2D eigenvalue weighted by atomic mass is 35.5. The Morgan fingerprint density at radius 1 is 1.06 bits per heavy atom. The van der Waals surface area contributed by atoms with Gasteiger partial charge in [-0.05, 0) is 61.0 Å². The summed E-state index contributed by atoms with van der Waals surface area (Å²) in [5, 5.41) is 2.64. The number of benzene rings is 3. The number of anilines is 2. The molecule has 3 aromatic carbocycles. The minimum Gasteiger partial charge on any atom is -0.495 e. The predicted molar refractivity (Wildman–Crippen MR) is 119 cm³/mol. The lowest BCUT2D eigenvalue weighted by molar-refractivity contribution is -0.114. The number of nitrogens with one attached hydrogen (secondary N) is 1. The number of hydrogen-bond donors (Lipinski definition) is 1. The molecule has 0 saturated carbocycles. The van der Waals surface area contributed by atoms with Crippen LogP contribution in [-0.4, -0.2) is 28.0 Å². The molecule has 0 aliphatic heterocycles. The minimum absolute atomic E-state index is 0.0968. The molecule has 1 amide bonds. The van der Waals surface area contributed by atoms with Gasteiger partial charge in [-0.25, -0.2) is 17.2 Å². The Morgan fingerprint density at radius 2 is 1.75 bits per heavy atom. The summed E-state index contributed by atoms with van der Waals surface area (Å²) in [7, 11) is -2.95.